The fourth-order valence-electron chi connectivity index (χ4n) is 2.23. The van der Waals surface area contributed by atoms with Crippen molar-refractivity contribution in [1.82, 2.24) is 0 Å². The van der Waals surface area contributed by atoms with E-state index >= 15 is 0 Å². The molecule has 8 nitrogen and oxygen atoms in total. The van der Waals surface area contributed by atoms with Crippen molar-refractivity contribution in [3.05, 3.63) is 0 Å². The highest BCUT2D eigenvalue weighted by molar-refractivity contribution is 7.47. The Morgan fingerprint density at radius 3 is 1.41 bits per heavy atom. The molecule has 0 heterocycles. The molecule has 0 fully saturated rings. The Hall–Kier alpha value is -0.0500. The second-order valence-electron chi connectivity index (χ2n) is 7.45. The number of rotatable bonds is 20. The minimum atomic E-state index is -4.21. The summed E-state index contributed by atoms with van der Waals surface area (Å²) in [6.07, 6.45) is 2.77. The van der Waals surface area contributed by atoms with Crippen molar-refractivity contribution in [3.8, 4) is 0 Å². The Morgan fingerprint density at radius 2 is 1.07 bits per heavy atom. The molecular formula is C20H43O8P. The summed E-state index contributed by atoms with van der Waals surface area (Å²) in [5.74, 6) is 0. The summed E-state index contributed by atoms with van der Waals surface area (Å²) < 4.78 is 44.6. The zero-order valence-corrected chi connectivity index (χ0v) is 20.0. The molecule has 0 saturated carbocycles. The van der Waals surface area contributed by atoms with Crippen molar-refractivity contribution < 1.29 is 37.5 Å². The molecule has 176 valence electrons. The monoisotopic (exact) mass is 442 g/mol. The van der Waals surface area contributed by atoms with E-state index in [9.17, 15) is 9.46 Å². The SMILES string of the molecule is CCCCOCC(C)OCC(C)OP(=O)(O)OC(C)COC(C)COCCCC. The van der Waals surface area contributed by atoms with Gasteiger partial charge in [-0.3, -0.25) is 9.05 Å². The Labute approximate surface area is 177 Å². The Bertz CT molecular complexity index is 389. The molecule has 0 saturated heterocycles. The average molecular weight is 443 g/mol. The van der Waals surface area contributed by atoms with Gasteiger partial charge in [-0.25, -0.2) is 4.57 Å². The summed E-state index contributed by atoms with van der Waals surface area (Å²) in [4.78, 5) is 9.94. The average Bonchev–Trinajstić information content (AvgIpc) is 2.64. The zero-order chi connectivity index (χ0) is 22.1. The third kappa shape index (κ3) is 18.4. The summed E-state index contributed by atoms with van der Waals surface area (Å²) in [5, 5.41) is 0. The van der Waals surface area contributed by atoms with Crippen LogP contribution in [-0.4, -0.2) is 69.0 Å². The normalized spacial score (nSPS) is 18.2. The van der Waals surface area contributed by atoms with Gasteiger partial charge in [0.2, 0.25) is 0 Å². The van der Waals surface area contributed by atoms with Crippen molar-refractivity contribution >= 4 is 7.82 Å². The molecule has 0 aromatic carbocycles. The molecule has 0 spiro atoms. The predicted molar refractivity (Wildman–Crippen MR) is 113 cm³/mol. The first kappa shape index (κ1) is 28.9. The van der Waals surface area contributed by atoms with Crippen LogP contribution >= 0.6 is 7.82 Å². The van der Waals surface area contributed by atoms with Crippen LogP contribution < -0.4 is 0 Å². The van der Waals surface area contributed by atoms with Gasteiger partial charge < -0.3 is 23.8 Å². The van der Waals surface area contributed by atoms with Gasteiger partial charge in [0.25, 0.3) is 0 Å². The van der Waals surface area contributed by atoms with Crippen LogP contribution in [0.15, 0.2) is 0 Å². The van der Waals surface area contributed by atoms with Crippen molar-refractivity contribution in [2.45, 2.75) is 91.6 Å². The van der Waals surface area contributed by atoms with E-state index in [2.05, 4.69) is 13.8 Å². The molecule has 0 aliphatic carbocycles. The number of hydrogen-bond donors (Lipinski definition) is 1. The van der Waals surface area contributed by atoms with E-state index in [0.29, 0.717) is 26.4 Å². The summed E-state index contributed by atoms with van der Waals surface area (Å²) >= 11 is 0. The van der Waals surface area contributed by atoms with Gasteiger partial charge >= 0.3 is 7.82 Å². The predicted octanol–water partition coefficient (Wildman–Crippen LogP) is 4.34. The van der Waals surface area contributed by atoms with Crippen LogP contribution in [-0.2, 0) is 32.6 Å². The maximum atomic E-state index is 12.2. The number of unbranched alkanes of at least 4 members (excludes halogenated alkanes) is 2. The molecule has 4 unspecified atom stereocenters. The molecular weight excluding hydrogens is 399 g/mol. The van der Waals surface area contributed by atoms with Crippen molar-refractivity contribution in [3.63, 3.8) is 0 Å². The fraction of sp³-hybridized carbons (Fsp3) is 1.00. The molecule has 1 N–H and O–H groups in total. The van der Waals surface area contributed by atoms with Crippen LogP contribution in [0.5, 0.6) is 0 Å². The minimum absolute atomic E-state index is 0.120. The van der Waals surface area contributed by atoms with Crippen LogP contribution in [0.3, 0.4) is 0 Å². The third-order valence-electron chi connectivity index (χ3n) is 3.85. The Morgan fingerprint density at radius 1 is 0.690 bits per heavy atom. The summed E-state index contributed by atoms with van der Waals surface area (Å²) in [5.41, 5.74) is 0. The molecule has 0 aliphatic heterocycles. The van der Waals surface area contributed by atoms with Gasteiger partial charge in [-0.15, -0.1) is 0 Å². The summed E-state index contributed by atoms with van der Waals surface area (Å²) in [6.45, 7) is 14.0. The molecule has 0 aliphatic rings. The first-order valence-corrected chi connectivity index (χ1v) is 12.3. The second-order valence-corrected chi connectivity index (χ2v) is 8.80. The Kier molecular flexibility index (Phi) is 17.6. The van der Waals surface area contributed by atoms with E-state index in [1.54, 1.807) is 13.8 Å². The van der Waals surface area contributed by atoms with Gasteiger partial charge in [0.1, 0.15) is 0 Å². The standard InChI is InChI=1S/C20H43O8P/c1-7-9-11-23-13-17(3)25-15-19(5)27-29(21,22)28-20(6)16-26-18(4)14-24-12-10-8-2/h17-20H,7-16H2,1-6H3,(H,21,22). The van der Waals surface area contributed by atoms with Gasteiger partial charge in [0, 0.05) is 13.2 Å². The van der Waals surface area contributed by atoms with Gasteiger partial charge in [-0.1, -0.05) is 26.7 Å². The van der Waals surface area contributed by atoms with Crippen molar-refractivity contribution in [2.24, 2.45) is 0 Å². The van der Waals surface area contributed by atoms with Crippen LogP contribution in [0.2, 0.25) is 0 Å². The van der Waals surface area contributed by atoms with E-state index in [0.717, 1.165) is 25.7 Å². The highest BCUT2D eigenvalue weighted by atomic mass is 31.2. The van der Waals surface area contributed by atoms with E-state index in [-0.39, 0.29) is 25.4 Å². The fourth-order valence-corrected chi connectivity index (χ4v) is 3.31. The smallest absolute Gasteiger partial charge is 0.379 e. The van der Waals surface area contributed by atoms with Crippen LogP contribution in [0, 0.1) is 0 Å². The molecule has 0 amide bonds. The van der Waals surface area contributed by atoms with E-state index in [1.807, 2.05) is 13.8 Å². The molecule has 4 atom stereocenters. The third-order valence-corrected chi connectivity index (χ3v) is 5.10. The lowest BCUT2D eigenvalue weighted by molar-refractivity contribution is -0.0507. The first-order valence-electron chi connectivity index (χ1n) is 10.8. The molecule has 0 aromatic rings. The van der Waals surface area contributed by atoms with Crippen LogP contribution in [0.4, 0.5) is 0 Å². The van der Waals surface area contributed by atoms with Gasteiger partial charge in [-0.2, -0.15) is 0 Å². The lowest BCUT2D eigenvalue weighted by atomic mass is 10.3. The largest absolute Gasteiger partial charge is 0.472 e. The lowest BCUT2D eigenvalue weighted by Crippen LogP contribution is -2.25. The lowest BCUT2D eigenvalue weighted by Gasteiger charge is -2.23. The van der Waals surface area contributed by atoms with Crippen molar-refractivity contribution in [2.75, 3.05) is 39.6 Å². The molecule has 29 heavy (non-hydrogen) atoms. The first-order chi connectivity index (χ1) is 13.7. The number of hydrogen-bond acceptors (Lipinski definition) is 7. The maximum Gasteiger partial charge on any atom is 0.472 e. The Balaban J connectivity index is 3.99. The van der Waals surface area contributed by atoms with E-state index in [1.165, 1.54) is 0 Å². The highest BCUT2D eigenvalue weighted by Gasteiger charge is 2.28. The van der Waals surface area contributed by atoms with Crippen LogP contribution in [0.1, 0.15) is 67.2 Å². The maximum absolute atomic E-state index is 12.2. The summed E-state index contributed by atoms with van der Waals surface area (Å²) in [7, 11) is -4.21. The van der Waals surface area contributed by atoms with E-state index < -0.39 is 20.0 Å². The van der Waals surface area contributed by atoms with Gasteiger partial charge in [0.15, 0.2) is 0 Å². The summed E-state index contributed by atoms with van der Waals surface area (Å²) in [6, 6.07) is 0. The highest BCUT2D eigenvalue weighted by Crippen LogP contribution is 2.45. The molecule has 0 radical (unpaired) electrons. The molecule has 0 aromatic heterocycles. The zero-order valence-electron chi connectivity index (χ0n) is 19.1. The molecule has 0 bridgehead atoms. The van der Waals surface area contributed by atoms with Gasteiger partial charge in [-0.05, 0) is 40.5 Å². The van der Waals surface area contributed by atoms with Crippen LogP contribution in [0.25, 0.3) is 0 Å². The van der Waals surface area contributed by atoms with Crippen molar-refractivity contribution in [1.29, 1.82) is 0 Å². The topological polar surface area (TPSA) is 92.7 Å². The number of ether oxygens (including phenoxy) is 4. The number of phosphoric ester groups is 1. The molecule has 0 rings (SSSR count). The van der Waals surface area contributed by atoms with E-state index in [4.69, 9.17) is 28.0 Å². The molecule has 9 heteroatoms. The number of phosphoric acid groups is 1. The minimum Gasteiger partial charge on any atom is -0.379 e. The van der Waals surface area contributed by atoms with Gasteiger partial charge in [0.05, 0.1) is 50.8 Å². The second kappa shape index (κ2) is 17.6. The quantitative estimate of drug-likeness (QED) is 0.220.